The van der Waals surface area contributed by atoms with Crippen molar-refractivity contribution in [3.63, 3.8) is 0 Å². The number of hydrogen-bond acceptors (Lipinski definition) is 2. The molecule has 0 aliphatic rings. The second-order valence-electron chi connectivity index (χ2n) is 4.01. The van der Waals surface area contributed by atoms with E-state index in [-0.39, 0.29) is 5.75 Å². The molecule has 4 heteroatoms. The van der Waals surface area contributed by atoms with Gasteiger partial charge in [0, 0.05) is 5.75 Å². The first-order chi connectivity index (χ1) is 9.94. The Hall–Kier alpha value is -1.29. The molecule has 0 aliphatic heterocycles. The fraction of sp³-hybridized carbons (Fsp3) is 0.412. The lowest BCUT2D eigenvalue weighted by Crippen LogP contribution is -1.99. The Labute approximate surface area is 131 Å². The van der Waals surface area contributed by atoms with E-state index < -0.39 is 9.69 Å². The van der Waals surface area contributed by atoms with Gasteiger partial charge in [-0.15, -0.1) is 0 Å². The van der Waals surface area contributed by atoms with Gasteiger partial charge < -0.3 is 0 Å². The Kier molecular flexibility index (Phi) is 14.3. The van der Waals surface area contributed by atoms with Gasteiger partial charge in [0.05, 0.1) is 9.69 Å². The molecule has 0 amide bonds. The molecular formula is C17H27BO2S. The molecule has 0 saturated carbocycles. The second-order valence-corrected chi connectivity index (χ2v) is 5.91. The summed E-state index contributed by atoms with van der Waals surface area (Å²) in [7, 11) is 1.34. The van der Waals surface area contributed by atoms with Crippen molar-refractivity contribution < 1.29 is 8.42 Å². The lowest BCUT2D eigenvalue weighted by Gasteiger charge is -1.92. The van der Waals surface area contributed by atoms with Crippen molar-refractivity contribution in [2.75, 3.05) is 5.75 Å². The van der Waals surface area contributed by atoms with Crippen molar-refractivity contribution in [3.05, 3.63) is 48.5 Å². The molecule has 0 fully saturated rings. The third-order valence-corrected chi connectivity index (χ3v) is 2.87. The van der Waals surface area contributed by atoms with E-state index >= 15 is 0 Å². The monoisotopic (exact) mass is 306 g/mol. The molecule has 0 aromatic heterocycles. The molecule has 0 bridgehead atoms. The molecule has 0 aliphatic carbocycles. The Morgan fingerprint density at radius 3 is 1.14 bits per heavy atom. The molecular weight excluding hydrogens is 279 g/mol. The zero-order chi connectivity index (χ0) is 16.7. The standard InChI is InChI=1S/C10H8.C3H8.C2H5BO2S.C2H6/c1-2-6-10-8-4-3-7-9(10)5-1;1-3-2;1-2-6(3,4)5;1-2/h1-8H;3H2,1-2H3;2H2,1H3;1-2H3. The van der Waals surface area contributed by atoms with E-state index in [0.29, 0.717) is 0 Å². The molecule has 2 rings (SSSR count). The molecule has 116 valence electrons. The van der Waals surface area contributed by atoms with E-state index in [9.17, 15) is 8.42 Å². The lowest BCUT2D eigenvalue weighted by molar-refractivity contribution is 0.610. The summed E-state index contributed by atoms with van der Waals surface area (Å²) in [6.45, 7) is 9.75. The van der Waals surface area contributed by atoms with Gasteiger partial charge in [-0.3, -0.25) is 0 Å². The maximum absolute atomic E-state index is 9.78. The summed E-state index contributed by atoms with van der Waals surface area (Å²) in [5.74, 6) is 0.0208. The van der Waals surface area contributed by atoms with Crippen LogP contribution < -0.4 is 0 Å². The van der Waals surface area contributed by atoms with Crippen LogP contribution in [0.25, 0.3) is 10.8 Å². The maximum Gasteiger partial charge on any atom is 0.254 e. The van der Waals surface area contributed by atoms with Crippen LogP contribution >= 0.6 is 0 Å². The smallest absolute Gasteiger partial charge is 0.243 e. The summed E-state index contributed by atoms with van der Waals surface area (Å²) >= 11 is 0. The summed E-state index contributed by atoms with van der Waals surface area (Å²) in [5, 5.41) is 2.62. The van der Waals surface area contributed by atoms with Crippen LogP contribution in [0, 0.1) is 0 Å². The van der Waals surface area contributed by atoms with Gasteiger partial charge in [0.1, 0.15) is 0 Å². The summed E-state index contributed by atoms with van der Waals surface area (Å²) in [5.41, 5.74) is 0. The van der Waals surface area contributed by atoms with Gasteiger partial charge in [0.2, 0.25) is 0 Å². The first-order valence-corrected chi connectivity index (χ1v) is 9.10. The molecule has 0 N–H and O–H groups in total. The fourth-order valence-corrected chi connectivity index (χ4v) is 1.13. The normalized spacial score (nSPS) is 9.19. The Morgan fingerprint density at radius 2 is 1.00 bits per heavy atom. The van der Waals surface area contributed by atoms with Crippen LogP contribution in [0.2, 0.25) is 0 Å². The van der Waals surface area contributed by atoms with Crippen LogP contribution in [0.4, 0.5) is 0 Å². The Balaban J connectivity index is 0. The highest BCUT2D eigenvalue weighted by Gasteiger charge is 1.91. The van der Waals surface area contributed by atoms with Crippen molar-refractivity contribution in [1.29, 1.82) is 0 Å². The summed E-state index contributed by atoms with van der Waals surface area (Å²) in [6, 6.07) is 16.7. The van der Waals surface area contributed by atoms with E-state index in [4.69, 9.17) is 0 Å². The first-order valence-electron chi connectivity index (χ1n) is 7.38. The predicted octanol–water partition coefficient (Wildman–Crippen LogP) is 4.79. The molecule has 21 heavy (non-hydrogen) atoms. The van der Waals surface area contributed by atoms with Crippen LogP contribution in [0.1, 0.15) is 41.0 Å². The molecule has 0 unspecified atom stereocenters. The highest BCUT2D eigenvalue weighted by molar-refractivity contribution is 8.12. The van der Waals surface area contributed by atoms with Crippen molar-refractivity contribution in [3.8, 4) is 0 Å². The summed E-state index contributed by atoms with van der Waals surface area (Å²) in [6.07, 6.45) is 1.25. The minimum absolute atomic E-state index is 0.0208. The van der Waals surface area contributed by atoms with E-state index in [2.05, 4.69) is 69.5 Å². The summed E-state index contributed by atoms with van der Waals surface area (Å²) < 4.78 is 19.6. The Bertz CT molecular complexity index is 500. The van der Waals surface area contributed by atoms with Crippen molar-refractivity contribution in [1.82, 2.24) is 0 Å². The SMILES string of the molecule is CC.CCC.[B]S(=O)(=O)CC.c1ccc2ccccc2c1. The van der Waals surface area contributed by atoms with Crippen molar-refractivity contribution in [2.45, 2.75) is 41.0 Å². The average Bonchev–Trinajstić information content (AvgIpc) is 2.50. The highest BCUT2D eigenvalue weighted by atomic mass is 32.2. The van der Waals surface area contributed by atoms with E-state index in [1.807, 2.05) is 13.8 Å². The lowest BCUT2D eigenvalue weighted by atomic mass is 10.1. The molecule has 0 saturated heterocycles. The van der Waals surface area contributed by atoms with Crippen LogP contribution in [-0.2, 0) is 9.69 Å². The molecule has 2 aromatic carbocycles. The minimum atomic E-state index is -3.16. The third-order valence-electron chi connectivity index (χ3n) is 2.06. The van der Waals surface area contributed by atoms with Crippen LogP contribution in [-0.4, -0.2) is 21.3 Å². The third kappa shape index (κ3) is 13.5. The number of rotatable bonds is 1. The van der Waals surface area contributed by atoms with Crippen molar-refractivity contribution in [2.24, 2.45) is 0 Å². The van der Waals surface area contributed by atoms with Crippen LogP contribution in [0.5, 0.6) is 0 Å². The number of fused-ring (bicyclic) bond motifs is 1. The molecule has 2 aromatic rings. The molecule has 0 heterocycles. The van der Waals surface area contributed by atoms with E-state index in [0.717, 1.165) is 0 Å². The van der Waals surface area contributed by atoms with Crippen molar-refractivity contribution >= 4 is 27.6 Å². The maximum atomic E-state index is 9.78. The van der Waals surface area contributed by atoms with E-state index in [1.165, 1.54) is 24.1 Å². The molecule has 2 radical (unpaired) electrons. The van der Waals surface area contributed by atoms with Gasteiger partial charge in [-0.2, -0.15) is 0 Å². The number of benzene rings is 2. The zero-order valence-electron chi connectivity index (χ0n) is 13.8. The fourth-order valence-electron chi connectivity index (χ4n) is 1.13. The summed E-state index contributed by atoms with van der Waals surface area (Å²) in [4.78, 5) is 0. The predicted molar refractivity (Wildman–Crippen MR) is 96.5 cm³/mol. The Morgan fingerprint density at radius 1 is 0.810 bits per heavy atom. The molecule has 0 atom stereocenters. The second kappa shape index (κ2) is 13.7. The van der Waals surface area contributed by atoms with Crippen LogP contribution in [0.15, 0.2) is 48.5 Å². The zero-order valence-corrected chi connectivity index (χ0v) is 14.7. The van der Waals surface area contributed by atoms with Gasteiger partial charge in [-0.05, 0) is 10.8 Å². The van der Waals surface area contributed by atoms with E-state index in [1.54, 1.807) is 0 Å². The van der Waals surface area contributed by atoms with Gasteiger partial charge in [-0.25, -0.2) is 8.42 Å². The van der Waals surface area contributed by atoms with Gasteiger partial charge in [0.25, 0.3) is 7.12 Å². The topological polar surface area (TPSA) is 34.1 Å². The van der Waals surface area contributed by atoms with Gasteiger partial charge in [0.15, 0.2) is 0 Å². The molecule has 0 spiro atoms. The highest BCUT2D eigenvalue weighted by Crippen LogP contribution is 2.11. The molecule has 2 nitrogen and oxygen atoms in total. The first kappa shape index (κ1) is 22.0. The number of hydrogen-bond donors (Lipinski definition) is 0. The minimum Gasteiger partial charge on any atom is -0.243 e. The quantitative estimate of drug-likeness (QED) is 0.710. The average molecular weight is 306 g/mol. The van der Waals surface area contributed by atoms with Gasteiger partial charge in [-0.1, -0.05) is 89.6 Å². The largest absolute Gasteiger partial charge is 0.254 e. The van der Waals surface area contributed by atoms with Crippen LogP contribution in [0.3, 0.4) is 0 Å². The van der Waals surface area contributed by atoms with Gasteiger partial charge >= 0.3 is 0 Å².